The molecule has 0 saturated carbocycles. The van der Waals surface area contributed by atoms with Crippen molar-refractivity contribution in [3.63, 3.8) is 0 Å². The van der Waals surface area contributed by atoms with Crippen LogP contribution in [-0.4, -0.2) is 70.0 Å². The number of allylic oxidation sites excluding steroid dienone is 18. The molecule has 0 N–H and O–H groups in total. The van der Waals surface area contributed by atoms with Crippen molar-refractivity contribution in [1.29, 1.82) is 0 Å². The van der Waals surface area contributed by atoms with Gasteiger partial charge in [0.2, 0.25) is 0 Å². The summed E-state index contributed by atoms with van der Waals surface area (Å²) in [4.78, 5) is 37.9. The molecule has 0 fully saturated rings. The smallest absolute Gasteiger partial charge is 0.306 e. The molecule has 0 aliphatic carbocycles. The number of esters is 2. The molecule has 0 saturated heterocycles. The Morgan fingerprint density at radius 2 is 0.750 bits per heavy atom. The van der Waals surface area contributed by atoms with Crippen LogP contribution in [0.1, 0.15) is 245 Å². The topological polar surface area (TPSA) is 111 Å². The van der Waals surface area contributed by atoms with Crippen LogP contribution in [0.15, 0.2) is 109 Å². The van der Waals surface area contributed by atoms with E-state index in [0.717, 1.165) is 109 Å². The fourth-order valence-corrected chi connectivity index (χ4v) is 8.81. The van der Waals surface area contributed by atoms with Crippen molar-refractivity contribution in [2.24, 2.45) is 0 Å². The summed E-state index contributed by atoms with van der Waals surface area (Å²) in [5, 5.41) is 0. The summed E-state index contributed by atoms with van der Waals surface area (Å²) >= 11 is 0. The van der Waals surface area contributed by atoms with E-state index in [-0.39, 0.29) is 26.1 Å². The lowest BCUT2D eigenvalue weighted by Gasteiger charge is -2.28. The van der Waals surface area contributed by atoms with Crippen molar-refractivity contribution in [3.05, 3.63) is 109 Å². The minimum Gasteiger partial charge on any atom is -0.756 e. The van der Waals surface area contributed by atoms with E-state index in [1.807, 2.05) is 21.1 Å². The maximum absolute atomic E-state index is 12.8. The Hall–Kier alpha value is -3.33. The highest BCUT2D eigenvalue weighted by molar-refractivity contribution is 7.45. The number of ether oxygens (including phenoxy) is 2. The van der Waals surface area contributed by atoms with E-state index in [1.165, 1.54) is 103 Å². The highest BCUT2D eigenvalue weighted by Gasteiger charge is 2.22. The Morgan fingerprint density at radius 3 is 1.13 bits per heavy atom. The van der Waals surface area contributed by atoms with Crippen LogP contribution >= 0.6 is 7.82 Å². The Kier molecular flexibility index (Phi) is 53.9. The highest BCUT2D eigenvalue weighted by atomic mass is 31.2. The first kappa shape index (κ1) is 72.7. The SMILES string of the molecule is CC/C=C\C/C=C\C/C=C\C/C=C\C/C=C\C/C=C\C/C=C\C/C=C\CCCCCCCCC(=O)OC(COC(=O)CCCCCCCCCCC/C=C\CCCCCCCCCC)COP(=O)([O-])OCC[N+](C)(C)C. The van der Waals surface area contributed by atoms with Crippen molar-refractivity contribution in [3.8, 4) is 0 Å². The van der Waals surface area contributed by atoms with Gasteiger partial charge in [-0.05, 0) is 103 Å². The van der Waals surface area contributed by atoms with E-state index in [2.05, 4.69) is 123 Å². The van der Waals surface area contributed by atoms with Gasteiger partial charge in [0.1, 0.15) is 19.8 Å². The zero-order valence-electron chi connectivity index (χ0n) is 49.4. The average Bonchev–Trinajstić information content (AvgIpc) is 3.38. The molecule has 0 aliphatic heterocycles. The third-order valence-electron chi connectivity index (χ3n) is 12.8. The van der Waals surface area contributed by atoms with E-state index in [0.29, 0.717) is 17.4 Å². The Bertz CT molecular complexity index is 1650. The van der Waals surface area contributed by atoms with Crippen LogP contribution in [0, 0.1) is 0 Å². The predicted octanol–water partition coefficient (Wildman–Crippen LogP) is 18.7. The molecule has 2 atom stereocenters. The molecule has 0 rings (SSSR count). The summed E-state index contributed by atoms with van der Waals surface area (Å²) in [6, 6.07) is 0. The third-order valence-corrected chi connectivity index (χ3v) is 13.7. The summed E-state index contributed by atoms with van der Waals surface area (Å²) in [6.45, 7) is 4.11. The first-order valence-electron chi connectivity index (χ1n) is 30.6. The van der Waals surface area contributed by atoms with Crippen LogP contribution in [0.3, 0.4) is 0 Å². The first-order chi connectivity index (χ1) is 37.0. The molecule has 2 unspecified atom stereocenters. The molecular formula is C66H114NO8P. The molecule has 0 aliphatic rings. The Labute approximate surface area is 467 Å². The number of likely N-dealkylation sites (N-methyl/N-ethyl adjacent to an activating group) is 1. The molecular weight excluding hydrogens is 966 g/mol. The quantitative estimate of drug-likeness (QED) is 0.0195. The van der Waals surface area contributed by atoms with Crippen LogP contribution in [0.25, 0.3) is 0 Å². The number of hydrogen-bond donors (Lipinski definition) is 0. The van der Waals surface area contributed by atoms with Crippen LogP contribution in [-0.2, 0) is 32.7 Å². The van der Waals surface area contributed by atoms with Crippen molar-refractivity contribution in [2.45, 2.75) is 251 Å². The normalized spacial score (nSPS) is 14.0. The van der Waals surface area contributed by atoms with Gasteiger partial charge in [-0.2, -0.15) is 0 Å². The maximum Gasteiger partial charge on any atom is 0.306 e. The maximum atomic E-state index is 12.8. The number of unbranched alkanes of at least 4 members (excludes halogenated alkanes) is 23. The van der Waals surface area contributed by atoms with Gasteiger partial charge in [0.25, 0.3) is 7.82 Å². The van der Waals surface area contributed by atoms with E-state index < -0.39 is 32.5 Å². The molecule has 9 nitrogen and oxygen atoms in total. The lowest BCUT2D eigenvalue weighted by Crippen LogP contribution is -2.37. The second-order valence-electron chi connectivity index (χ2n) is 21.3. The number of nitrogens with zero attached hydrogens (tertiary/aromatic N) is 1. The van der Waals surface area contributed by atoms with Crippen molar-refractivity contribution >= 4 is 19.8 Å². The minimum atomic E-state index is -4.65. The Morgan fingerprint density at radius 1 is 0.421 bits per heavy atom. The van der Waals surface area contributed by atoms with Crippen molar-refractivity contribution in [2.75, 3.05) is 47.5 Å². The zero-order valence-corrected chi connectivity index (χ0v) is 50.3. The van der Waals surface area contributed by atoms with E-state index in [4.69, 9.17) is 18.5 Å². The number of phosphoric ester groups is 1. The third kappa shape index (κ3) is 59.9. The molecule has 0 radical (unpaired) electrons. The van der Waals surface area contributed by atoms with E-state index >= 15 is 0 Å². The number of hydrogen-bond acceptors (Lipinski definition) is 8. The molecule has 76 heavy (non-hydrogen) atoms. The summed E-state index contributed by atoms with van der Waals surface area (Å²) in [5.74, 6) is -0.855. The molecule has 436 valence electrons. The van der Waals surface area contributed by atoms with Crippen LogP contribution in [0.4, 0.5) is 0 Å². The molecule has 0 heterocycles. The molecule has 0 aromatic heterocycles. The van der Waals surface area contributed by atoms with Gasteiger partial charge >= 0.3 is 11.9 Å². The second kappa shape index (κ2) is 56.4. The number of rotatable bonds is 55. The molecule has 0 spiro atoms. The molecule has 0 aromatic carbocycles. The lowest BCUT2D eigenvalue weighted by molar-refractivity contribution is -0.870. The Balaban J connectivity index is 4.22. The molecule has 10 heteroatoms. The van der Waals surface area contributed by atoms with Gasteiger partial charge in [-0.25, -0.2) is 0 Å². The zero-order chi connectivity index (χ0) is 55.6. The molecule has 0 aromatic rings. The first-order valence-corrected chi connectivity index (χ1v) is 32.1. The number of carbonyl (C=O) groups excluding carboxylic acids is 2. The van der Waals surface area contributed by atoms with Crippen molar-refractivity contribution < 1.29 is 42.1 Å². The van der Waals surface area contributed by atoms with Gasteiger partial charge in [-0.1, -0.05) is 239 Å². The summed E-state index contributed by atoms with van der Waals surface area (Å²) in [7, 11) is 1.14. The summed E-state index contributed by atoms with van der Waals surface area (Å²) < 4.78 is 34.2. The van der Waals surface area contributed by atoms with Gasteiger partial charge in [0.15, 0.2) is 6.10 Å². The van der Waals surface area contributed by atoms with Crippen LogP contribution in [0.2, 0.25) is 0 Å². The predicted molar refractivity (Wildman–Crippen MR) is 323 cm³/mol. The molecule has 0 amide bonds. The minimum absolute atomic E-state index is 0.0395. The van der Waals surface area contributed by atoms with Crippen LogP contribution in [0.5, 0.6) is 0 Å². The van der Waals surface area contributed by atoms with Crippen molar-refractivity contribution in [1.82, 2.24) is 0 Å². The number of carbonyl (C=O) groups is 2. The average molecular weight is 1080 g/mol. The van der Waals surface area contributed by atoms with Gasteiger partial charge in [0.05, 0.1) is 27.7 Å². The summed E-state index contributed by atoms with van der Waals surface area (Å²) in [5.41, 5.74) is 0. The van der Waals surface area contributed by atoms with Gasteiger partial charge in [0, 0.05) is 12.8 Å². The second-order valence-corrected chi connectivity index (χ2v) is 22.7. The summed E-state index contributed by atoms with van der Waals surface area (Å²) in [6.07, 6.45) is 78.5. The molecule has 0 bridgehead atoms. The lowest BCUT2D eigenvalue weighted by atomic mass is 10.1. The van der Waals surface area contributed by atoms with Crippen LogP contribution < -0.4 is 4.89 Å². The van der Waals surface area contributed by atoms with E-state index in [9.17, 15) is 19.0 Å². The van der Waals surface area contributed by atoms with Gasteiger partial charge in [-0.3, -0.25) is 14.2 Å². The largest absolute Gasteiger partial charge is 0.756 e. The number of phosphoric acid groups is 1. The number of quaternary nitrogens is 1. The fraction of sp³-hybridized carbons (Fsp3) is 0.697. The van der Waals surface area contributed by atoms with Gasteiger partial charge < -0.3 is 27.9 Å². The highest BCUT2D eigenvalue weighted by Crippen LogP contribution is 2.38. The van der Waals surface area contributed by atoms with Gasteiger partial charge in [-0.15, -0.1) is 0 Å². The standard InChI is InChI=1S/C66H114NO8P/c1-6-8-10-12-14-16-18-20-22-24-26-28-29-30-31-32-33-34-35-36-37-39-41-43-45-47-49-51-53-55-57-59-66(69)75-64(63-74-76(70,71)73-61-60-67(3,4)5)62-72-65(68)58-56-54-52-50-48-46-44-42-40-38-27-25-23-21-19-17-15-13-11-9-7-2/h8,10,14,16,20,22,25-28,30-31,33-34,36-37,41,43,64H,6-7,9,11-13,15,17-19,21,23-24,29,32,35,38-40,42,44-63H2,1-5H3/b10-8-,16-14-,22-20-,27-25-,28-26-,31-30-,34-33-,37-36-,43-41-. The fourth-order valence-electron chi connectivity index (χ4n) is 8.08. The van der Waals surface area contributed by atoms with E-state index in [1.54, 1.807) is 0 Å². The monoisotopic (exact) mass is 1080 g/mol.